The topological polar surface area (TPSA) is 52.6 Å². The number of hydrogen-bond donors (Lipinski definition) is 1. The Bertz CT molecular complexity index is 918. The highest BCUT2D eigenvalue weighted by molar-refractivity contribution is 5.96. The van der Waals surface area contributed by atoms with E-state index >= 15 is 0 Å². The summed E-state index contributed by atoms with van der Waals surface area (Å²) in [5.74, 6) is -0.790. The Hall–Kier alpha value is -3.03. The third-order valence-electron chi connectivity index (χ3n) is 5.42. The van der Waals surface area contributed by atoms with Gasteiger partial charge in [-0.1, -0.05) is 12.1 Å². The normalized spacial score (nSPS) is 14.6. The molecule has 0 saturated carbocycles. The van der Waals surface area contributed by atoms with Crippen molar-refractivity contribution in [2.45, 2.75) is 20.0 Å². The van der Waals surface area contributed by atoms with Gasteiger partial charge in [-0.25, -0.2) is 0 Å². The van der Waals surface area contributed by atoms with E-state index in [0.717, 1.165) is 30.0 Å². The zero-order valence-corrected chi connectivity index (χ0v) is 16.9. The lowest BCUT2D eigenvalue weighted by Gasteiger charge is -2.37. The fourth-order valence-electron chi connectivity index (χ4n) is 3.46. The maximum absolute atomic E-state index is 12.6. The van der Waals surface area contributed by atoms with Crippen molar-refractivity contribution in [2.75, 3.05) is 37.6 Å². The molecule has 0 unspecified atom stereocenters. The van der Waals surface area contributed by atoms with Crippen LogP contribution in [0.5, 0.6) is 0 Å². The summed E-state index contributed by atoms with van der Waals surface area (Å²) in [4.78, 5) is 28.5. The number of benzene rings is 2. The second-order valence-corrected chi connectivity index (χ2v) is 7.34. The summed E-state index contributed by atoms with van der Waals surface area (Å²) in [5.41, 5.74) is 2.86. The van der Waals surface area contributed by atoms with Crippen molar-refractivity contribution >= 4 is 17.5 Å². The van der Waals surface area contributed by atoms with Gasteiger partial charge in [-0.3, -0.25) is 9.59 Å². The number of aryl methyl sites for hydroxylation is 1. The molecule has 0 atom stereocenters. The summed E-state index contributed by atoms with van der Waals surface area (Å²) >= 11 is 0. The fraction of sp³-hybridized carbons (Fsp3) is 0.364. The summed E-state index contributed by atoms with van der Waals surface area (Å²) in [6.45, 7) is 6.44. The summed E-state index contributed by atoms with van der Waals surface area (Å²) in [6, 6.07) is 10.1. The van der Waals surface area contributed by atoms with Crippen LogP contribution in [0.3, 0.4) is 0 Å². The molecule has 5 nitrogen and oxygen atoms in total. The number of piperazine rings is 1. The van der Waals surface area contributed by atoms with E-state index in [1.165, 1.54) is 11.1 Å². The van der Waals surface area contributed by atoms with Crippen LogP contribution < -0.4 is 10.2 Å². The van der Waals surface area contributed by atoms with Crippen molar-refractivity contribution in [2.24, 2.45) is 0 Å². The molecule has 8 heteroatoms. The van der Waals surface area contributed by atoms with Crippen LogP contribution in [0.4, 0.5) is 18.9 Å². The van der Waals surface area contributed by atoms with E-state index in [9.17, 15) is 22.8 Å². The lowest BCUT2D eigenvalue weighted by molar-refractivity contribution is -0.137. The third kappa shape index (κ3) is 4.93. The Morgan fingerprint density at radius 1 is 0.967 bits per heavy atom. The molecule has 2 aromatic rings. The van der Waals surface area contributed by atoms with Crippen LogP contribution in [0.1, 0.15) is 27.0 Å². The molecule has 1 saturated heterocycles. The van der Waals surface area contributed by atoms with Gasteiger partial charge in [-0.2, -0.15) is 13.2 Å². The van der Waals surface area contributed by atoms with E-state index in [1.807, 2.05) is 6.07 Å². The predicted molar refractivity (Wildman–Crippen MR) is 108 cm³/mol. The Balaban J connectivity index is 1.50. The molecule has 0 spiro atoms. The zero-order chi connectivity index (χ0) is 21.9. The Morgan fingerprint density at radius 3 is 2.20 bits per heavy atom. The van der Waals surface area contributed by atoms with Crippen LogP contribution in [-0.2, 0) is 11.0 Å². The molecule has 1 N–H and O–H groups in total. The molecule has 0 aliphatic carbocycles. The molecular weight excluding hydrogens is 395 g/mol. The van der Waals surface area contributed by atoms with Gasteiger partial charge in [0, 0.05) is 37.4 Å². The van der Waals surface area contributed by atoms with Crippen molar-refractivity contribution in [3.63, 3.8) is 0 Å². The molecule has 160 valence electrons. The number of anilines is 1. The van der Waals surface area contributed by atoms with Gasteiger partial charge < -0.3 is 15.1 Å². The molecule has 0 aromatic heterocycles. The Kier molecular flexibility index (Phi) is 6.34. The number of alkyl halides is 3. The van der Waals surface area contributed by atoms with Gasteiger partial charge in [-0.05, 0) is 55.3 Å². The molecule has 30 heavy (non-hydrogen) atoms. The molecule has 3 rings (SSSR count). The molecule has 2 aromatic carbocycles. The van der Waals surface area contributed by atoms with E-state index in [4.69, 9.17) is 0 Å². The number of nitrogens with one attached hydrogen (secondary N) is 1. The summed E-state index contributed by atoms with van der Waals surface area (Å²) in [5, 5.41) is 2.49. The average molecular weight is 419 g/mol. The number of hydrogen-bond acceptors (Lipinski definition) is 3. The maximum atomic E-state index is 12.6. The number of rotatable bonds is 4. The van der Waals surface area contributed by atoms with Crippen molar-refractivity contribution < 1.29 is 22.8 Å². The molecule has 1 heterocycles. The van der Waals surface area contributed by atoms with Crippen molar-refractivity contribution in [1.82, 2.24) is 10.2 Å². The third-order valence-corrected chi connectivity index (χ3v) is 5.42. The summed E-state index contributed by atoms with van der Waals surface area (Å²) < 4.78 is 37.8. The molecule has 0 radical (unpaired) electrons. The molecule has 1 aliphatic rings. The minimum atomic E-state index is -4.45. The molecule has 0 bridgehead atoms. The number of amides is 2. The first-order chi connectivity index (χ1) is 14.2. The first-order valence-electron chi connectivity index (χ1n) is 9.71. The number of carbonyl (C=O) groups is 2. The van der Waals surface area contributed by atoms with Crippen LogP contribution in [-0.4, -0.2) is 49.4 Å². The Morgan fingerprint density at radius 2 is 1.60 bits per heavy atom. The van der Waals surface area contributed by atoms with E-state index in [1.54, 1.807) is 4.90 Å². The smallest absolute Gasteiger partial charge is 0.368 e. The molecule has 1 aliphatic heterocycles. The molecule has 2 amide bonds. The van der Waals surface area contributed by atoms with E-state index in [0.29, 0.717) is 26.2 Å². The van der Waals surface area contributed by atoms with Crippen LogP contribution >= 0.6 is 0 Å². The van der Waals surface area contributed by atoms with E-state index < -0.39 is 17.6 Å². The average Bonchev–Trinajstić information content (AvgIpc) is 2.73. The monoisotopic (exact) mass is 419 g/mol. The number of carbonyl (C=O) groups excluding carboxylic acids is 2. The highest BCUT2D eigenvalue weighted by atomic mass is 19.4. The second kappa shape index (κ2) is 8.77. The van der Waals surface area contributed by atoms with E-state index in [-0.39, 0.29) is 18.0 Å². The first kappa shape index (κ1) is 21.7. The largest absolute Gasteiger partial charge is 0.416 e. The number of halogens is 3. The minimum Gasteiger partial charge on any atom is -0.368 e. The van der Waals surface area contributed by atoms with Crippen LogP contribution in [0, 0.1) is 13.8 Å². The lowest BCUT2D eigenvalue weighted by Crippen LogP contribution is -2.51. The SMILES string of the molecule is Cc1cccc(N2CCN(C(=O)CNC(=O)c3ccc(C(F)(F)F)cc3)CC2)c1C. The number of nitrogens with zero attached hydrogens (tertiary/aromatic N) is 2. The molecular formula is C22H24F3N3O2. The van der Waals surface area contributed by atoms with Gasteiger partial charge in [0.05, 0.1) is 12.1 Å². The first-order valence-corrected chi connectivity index (χ1v) is 9.71. The van der Waals surface area contributed by atoms with Crippen molar-refractivity contribution in [1.29, 1.82) is 0 Å². The summed E-state index contributed by atoms with van der Waals surface area (Å²) in [7, 11) is 0. The van der Waals surface area contributed by atoms with Gasteiger partial charge >= 0.3 is 6.18 Å². The summed E-state index contributed by atoms with van der Waals surface area (Å²) in [6.07, 6.45) is -4.45. The highest BCUT2D eigenvalue weighted by Crippen LogP contribution is 2.29. The van der Waals surface area contributed by atoms with Crippen LogP contribution in [0.15, 0.2) is 42.5 Å². The van der Waals surface area contributed by atoms with Gasteiger partial charge in [-0.15, -0.1) is 0 Å². The molecule has 1 fully saturated rings. The van der Waals surface area contributed by atoms with E-state index in [2.05, 4.69) is 36.2 Å². The minimum absolute atomic E-state index is 0.0792. The van der Waals surface area contributed by atoms with Gasteiger partial charge in [0.15, 0.2) is 0 Å². The van der Waals surface area contributed by atoms with Crippen molar-refractivity contribution in [3.8, 4) is 0 Å². The maximum Gasteiger partial charge on any atom is 0.416 e. The predicted octanol–water partition coefficient (Wildman–Crippen LogP) is 3.40. The highest BCUT2D eigenvalue weighted by Gasteiger charge is 2.30. The van der Waals surface area contributed by atoms with Crippen LogP contribution in [0.25, 0.3) is 0 Å². The quantitative estimate of drug-likeness (QED) is 0.827. The standard InChI is InChI=1S/C22H24F3N3O2/c1-15-4-3-5-19(16(15)2)27-10-12-28(13-11-27)20(29)14-26-21(30)17-6-8-18(9-7-17)22(23,24)25/h3-9H,10-14H2,1-2H3,(H,26,30). The fourth-order valence-corrected chi connectivity index (χ4v) is 3.46. The Labute approximate surface area is 173 Å². The zero-order valence-electron chi connectivity index (χ0n) is 16.9. The lowest BCUT2D eigenvalue weighted by atomic mass is 10.1. The second-order valence-electron chi connectivity index (χ2n) is 7.34. The van der Waals surface area contributed by atoms with Crippen LogP contribution in [0.2, 0.25) is 0 Å². The van der Waals surface area contributed by atoms with Gasteiger partial charge in [0.1, 0.15) is 0 Å². The van der Waals surface area contributed by atoms with Crippen molar-refractivity contribution in [3.05, 3.63) is 64.7 Å². The van der Waals surface area contributed by atoms with Gasteiger partial charge in [0.2, 0.25) is 5.91 Å². The van der Waals surface area contributed by atoms with Gasteiger partial charge in [0.25, 0.3) is 5.91 Å².